The Hall–Kier alpha value is -4.98. The number of anilines is 2. The number of para-hydroxylation sites is 1. The van der Waals surface area contributed by atoms with Crippen molar-refractivity contribution in [3.63, 3.8) is 0 Å². The van der Waals surface area contributed by atoms with E-state index >= 15 is 0 Å². The molecule has 0 spiro atoms. The van der Waals surface area contributed by atoms with Crippen LogP contribution in [0, 0.1) is 5.82 Å². The largest absolute Gasteiger partial charge is 0.492 e. The van der Waals surface area contributed by atoms with E-state index in [0.29, 0.717) is 34.7 Å². The van der Waals surface area contributed by atoms with Gasteiger partial charge in [0, 0.05) is 35.3 Å². The Kier molecular flexibility index (Phi) is 10.4. The van der Waals surface area contributed by atoms with E-state index in [-0.39, 0.29) is 31.3 Å². The summed E-state index contributed by atoms with van der Waals surface area (Å²) in [5.74, 6) is -0.573. The number of nitrogens with one attached hydrogen (secondary N) is 1. The van der Waals surface area contributed by atoms with Crippen LogP contribution in [0.4, 0.5) is 15.8 Å². The van der Waals surface area contributed by atoms with Gasteiger partial charge in [-0.2, -0.15) is 0 Å². The highest BCUT2D eigenvalue weighted by molar-refractivity contribution is 6.12. The zero-order valence-corrected chi connectivity index (χ0v) is 23.6. The van der Waals surface area contributed by atoms with Crippen molar-refractivity contribution in [2.75, 3.05) is 30.5 Å². The van der Waals surface area contributed by atoms with Crippen molar-refractivity contribution in [1.29, 1.82) is 0 Å². The molecule has 0 radical (unpaired) electrons. The maximum absolute atomic E-state index is 13.7. The van der Waals surface area contributed by atoms with Gasteiger partial charge in [0.2, 0.25) is 5.91 Å². The quantitative estimate of drug-likeness (QED) is 0.156. The number of hydrogen-bond donors (Lipinski definition) is 1. The fourth-order valence-corrected chi connectivity index (χ4v) is 4.52. The van der Waals surface area contributed by atoms with E-state index < -0.39 is 17.8 Å². The highest BCUT2D eigenvalue weighted by Crippen LogP contribution is 2.23. The standard InChI is InChI=1S/C34H33FN2O5/c1-3-32(38)37(27-13-9-12-26(35)23-27)20-21-42-28-18-16-24(17-19-28)22-31(34(40)41-2)36-30-15-8-7-14-29(30)33(39)25-10-5-4-6-11-25/h4-19,23,31,36H,3,20-22H2,1-2H3/t31-/m0/s1. The molecule has 4 aromatic carbocycles. The van der Waals surface area contributed by atoms with Crippen LogP contribution in [-0.2, 0) is 20.7 Å². The van der Waals surface area contributed by atoms with Crippen LogP contribution < -0.4 is 15.0 Å². The summed E-state index contributed by atoms with van der Waals surface area (Å²) in [7, 11) is 1.32. The monoisotopic (exact) mass is 568 g/mol. The minimum Gasteiger partial charge on any atom is -0.492 e. The number of methoxy groups -OCH3 is 1. The van der Waals surface area contributed by atoms with Crippen LogP contribution in [-0.4, -0.2) is 44.0 Å². The van der Waals surface area contributed by atoms with Crippen molar-refractivity contribution in [3.8, 4) is 5.75 Å². The van der Waals surface area contributed by atoms with E-state index in [1.54, 1.807) is 79.7 Å². The third-order valence-corrected chi connectivity index (χ3v) is 6.69. The maximum Gasteiger partial charge on any atom is 0.328 e. The molecule has 216 valence electrons. The average molecular weight is 569 g/mol. The van der Waals surface area contributed by atoms with Crippen molar-refractivity contribution >= 4 is 29.0 Å². The number of benzene rings is 4. The van der Waals surface area contributed by atoms with Gasteiger partial charge in [-0.25, -0.2) is 9.18 Å². The van der Waals surface area contributed by atoms with Gasteiger partial charge in [0.05, 0.1) is 13.7 Å². The molecule has 0 aliphatic carbocycles. The molecule has 7 nitrogen and oxygen atoms in total. The smallest absolute Gasteiger partial charge is 0.328 e. The zero-order chi connectivity index (χ0) is 29.9. The molecule has 0 bridgehead atoms. The molecule has 0 heterocycles. The summed E-state index contributed by atoms with van der Waals surface area (Å²) in [5.41, 5.74) is 2.87. The molecule has 4 rings (SSSR count). The Labute approximate surface area is 244 Å². The number of hydrogen-bond acceptors (Lipinski definition) is 6. The lowest BCUT2D eigenvalue weighted by molar-refractivity contribution is -0.141. The predicted molar refractivity (Wildman–Crippen MR) is 160 cm³/mol. The van der Waals surface area contributed by atoms with E-state index in [4.69, 9.17) is 9.47 Å². The summed E-state index contributed by atoms with van der Waals surface area (Å²) in [6.07, 6.45) is 0.588. The highest BCUT2D eigenvalue weighted by atomic mass is 19.1. The van der Waals surface area contributed by atoms with Gasteiger partial charge in [0.15, 0.2) is 5.78 Å². The molecule has 0 fully saturated rings. The molecule has 0 unspecified atom stereocenters. The summed E-state index contributed by atoms with van der Waals surface area (Å²) < 4.78 is 24.6. The van der Waals surface area contributed by atoms with Crippen LogP contribution in [0.25, 0.3) is 0 Å². The molecule has 4 aromatic rings. The van der Waals surface area contributed by atoms with Crippen molar-refractivity contribution in [1.82, 2.24) is 0 Å². The average Bonchev–Trinajstić information content (AvgIpc) is 3.03. The molecule has 0 aliphatic heterocycles. The van der Waals surface area contributed by atoms with Gasteiger partial charge < -0.3 is 19.7 Å². The maximum atomic E-state index is 13.7. The summed E-state index contributed by atoms with van der Waals surface area (Å²) in [6, 6.07) is 28.4. The van der Waals surface area contributed by atoms with Gasteiger partial charge in [-0.3, -0.25) is 9.59 Å². The second-order valence-electron chi connectivity index (χ2n) is 9.54. The molecular formula is C34H33FN2O5. The van der Waals surface area contributed by atoms with Gasteiger partial charge in [0.25, 0.3) is 0 Å². The Balaban J connectivity index is 1.41. The van der Waals surface area contributed by atoms with Gasteiger partial charge in [-0.05, 0) is 48.0 Å². The summed E-state index contributed by atoms with van der Waals surface area (Å²) in [5, 5.41) is 3.20. The first-order valence-electron chi connectivity index (χ1n) is 13.7. The highest BCUT2D eigenvalue weighted by Gasteiger charge is 2.23. The number of rotatable bonds is 13. The molecule has 42 heavy (non-hydrogen) atoms. The first-order chi connectivity index (χ1) is 20.4. The number of halogens is 1. The Morgan fingerprint density at radius 1 is 0.881 bits per heavy atom. The molecule has 1 atom stereocenters. The van der Waals surface area contributed by atoms with E-state index in [1.165, 1.54) is 24.1 Å². The summed E-state index contributed by atoms with van der Waals surface area (Å²) in [4.78, 5) is 39.8. The number of ether oxygens (including phenoxy) is 2. The summed E-state index contributed by atoms with van der Waals surface area (Å²) >= 11 is 0. The van der Waals surface area contributed by atoms with Crippen molar-refractivity contribution in [2.45, 2.75) is 25.8 Å². The molecule has 8 heteroatoms. The number of amides is 1. The van der Waals surface area contributed by atoms with Crippen LogP contribution in [0.3, 0.4) is 0 Å². The van der Waals surface area contributed by atoms with Crippen LogP contribution in [0.1, 0.15) is 34.8 Å². The fraction of sp³-hybridized carbons (Fsp3) is 0.206. The minimum atomic E-state index is -0.744. The Morgan fingerprint density at radius 2 is 1.60 bits per heavy atom. The van der Waals surface area contributed by atoms with E-state index in [2.05, 4.69) is 5.32 Å². The SMILES string of the molecule is CCC(=O)N(CCOc1ccc(C[C@H](Nc2ccccc2C(=O)c2ccccc2)C(=O)OC)cc1)c1cccc(F)c1. The van der Waals surface area contributed by atoms with Gasteiger partial charge in [0.1, 0.15) is 24.2 Å². The normalized spacial score (nSPS) is 11.3. The third kappa shape index (κ3) is 7.81. The number of nitrogens with zero attached hydrogens (tertiary/aromatic N) is 1. The first kappa shape index (κ1) is 30.0. The van der Waals surface area contributed by atoms with Crippen molar-refractivity contribution in [2.24, 2.45) is 0 Å². The molecular weight excluding hydrogens is 535 g/mol. The minimum absolute atomic E-state index is 0.132. The second kappa shape index (κ2) is 14.6. The van der Waals surface area contributed by atoms with E-state index in [0.717, 1.165) is 5.56 Å². The molecule has 0 saturated heterocycles. The second-order valence-corrected chi connectivity index (χ2v) is 9.54. The number of carbonyl (C=O) groups excluding carboxylic acids is 3. The van der Waals surface area contributed by atoms with Gasteiger partial charge in [-0.15, -0.1) is 0 Å². The zero-order valence-electron chi connectivity index (χ0n) is 23.6. The van der Waals surface area contributed by atoms with E-state index in [9.17, 15) is 18.8 Å². The van der Waals surface area contributed by atoms with Gasteiger partial charge >= 0.3 is 5.97 Å². The molecule has 0 saturated carbocycles. The number of carbonyl (C=O) groups is 3. The van der Waals surface area contributed by atoms with Crippen LogP contribution in [0.2, 0.25) is 0 Å². The topological polar surface area (TPSA) is 84.9 Å². The molecule has 1 amide bonds. The molecule has 1 N–H and O–H groups in total. The van der Waals surface area contributed by atoms with Crippen LogP contribution in [0.15, 0.2) is 103 Å². The number of ketones is 1. The van der Waals surface area contributed by atoms with Crippen LogP contribution in [0.5, 0.6) is 5.75 Å². The van der Waals surface area contributed by atoms with Crippen molar-refractivity contribution < 1.29 is 28.2 Å². The van der Waals surface area contributed by atoms with Crippen LogP contribution >= 0.6 is 0 Å². The fourth-order valence-electron chi connectivity index (χ4n) is 4.52. The third-order valence-electron chi connectivity index (χ3n) is 6.69. The Bertz CT molecular complexity index is 1510. The lowest BCUT2D eigenvalue weighted by Gasteiger charge is -2.22. The van der Waals surface area contributed by atoms with Crippen molar-refractivity contribution in [3.05, 3.63) is 126 Å². The Morgan fingerprint density at radius 3 is 2.29 bits per heavy atom. The van der Waals surface area contributed by atoms with Gasteiger partial charge in [-0.1, -0.05) is 67.6 Å². The van der Waals surface area contributed by atoms with E-state index in [1.807, 2.05) is 18.2 Å². The molecule has 0 aromatic heterocycles. The molecule has 0 aliphatic rings. The lowest BCUT2D eigenvalue weighted by atomic mass is 10.00. The number of esters is 1. The lowest BCUT2D eigenvalue weighted by Crippen LogP contribution is -2.34. The predicted octanol–water partition coefficient (Wildman–Crippen LogP) is 6.07. The summed E-state index contributed by atoms with van der Waals surface area (Å²) in [6.45, 7) is 2.22. The first-order valence-corrected chi connectivity index (χ1v) is 13.7.